The summed E-state index contributed by atoms with van der Waals surface area (Å²) in [5.74, 6) is 0. The predicted octanol–water partition coefficient (Wildman–Crippen LogP) is 1.22. The fourth-order valence-electron chi connectivity index (χ4n) is 2.95. The Morgan fingerprint density at radius 3 is 2.17 bits per heavy atom. The highest BCUT2D eigenvalue weighted by Gasteiger charge is 2.21. The highest BCUT2D eigenvalue weighted by molar-refractivity contribution is 7.89. The molecule has 124 valence electrons. The molecule has 8 heteroatoms. The van der Waals surface area contributed by atoms with Gasteiger partial charge in [-0.15, -0.1) is 0 Å². The number of aromatic amines is 2. The Morgan fingerprint density at radius 2 is 1.52 bits per heavy atom. The van der Waals surface area contributed by atoms with Gasteiger partial charge in [-0.3, -0.25) is 9.59 Å². The third kappa shape index (κ3) is 3.53. The molecule has 1 aliphatic rings. The van der Waals surface area contributed by atoms with E-state index >= 15 is 0 Å². The number of hydrogen-bond acceptors (Lipinski definition) is 4. The van der Waals surface area contributed by atoms with Gasteiger partial charge < -0.3 is 9.97 Å². The quantitative estimate of drug-likeness (QED) is 0.577. The van der Waals surface area contributed by atoms with E-state index in [2.05, 4.69) is 14.7 Å². The van der Waals surface area contributed by atoms with E-state index in [1.165, 1.54) is 18.2 Å². The summed E-state index contributed by atoms with van der Waals surface area (Å²) in [5.41, 5.74) is -0.880. The molecule has 1 aromatic carbocycles. The predicted molar refractivity (Wildman–Crippen MR) is 87.0 cm³/mol. The van der Waals surface area contributed by atoms with Gasteiger partial charge >= 0.3 is 11.1 Å². The van der Waals surface area contributed by atoms with Crippen LogP contribution in [0.4, 0.5) is 0 Å². The Morgan fingerprint density at radius 1 is 0.913 bits per heavy atom. The minimum Gasteiger partial charge on any atom is -0.316 e. The van der Waals surface area contributed by atoms with Crippen LogP contribution in [0, 0.1) is 0 Å². The number of rotatable bonds is 3. The molecular formula is C15H19N3O4S. The Kier molecular flexibility index (Phi) is 4.36. The van der Waals surface area contributed by atoms with Crippen LogP contribution in [0.5, 0.6) is 0 Å². The summed E-state index contributed by atoms with van der Waals surface area (Å²) >= 11 is 0. The topological polar surface area (TPSA) is 112 Å². The molecule has 0 amide bonds. The summed E-state index contributed by atoms with van der Waals surface area (Å²) in [5, 5.41) is 0. The molecule has 1 saturated carbocycles. The van der Waals surface area contributed by atoms with Gasteiger partial charge in [-0.25, -0.2) is 13.1 Å². The van der Waals surface area contributed by atoms with Crippen LogP contribution < -0.4 is 15.8 Å². The molecule has 0 atom stereocenters. The van der Waals surface area contributed by atoms with E-state index in [9.17, 15) is 18.0 Å². The molecule has 0 unspecified atom stereocenters. The van der Waals surface area contributed by atoms with Gasteiger partial charge in [0, 0.05) is 6.04 Å². The van der Waals surface area contributed by atoms with Crippen LogP contribution in [0.2, 0.25) is 0 Å². The van der Waals surface area contributed by atoms with Crippen molar-refractivity contribution in [2.75, 3.05) is 0 Å². The van der Waals surface area contributed by atoms with Gasteiger partial charge in [0.05, 0.1) is 15.9 Å². The molecule has 3 N–H and O–H groups in total. The summed E-state index contributed by atoms with van der Waals surface area (Å²) in [7, 11) is -3.65. The molecule has 23 heavy (non-hydrogen) atoms. The Balaban J connectivity index is 1.92. The maximum atomic E-state index is 12.5. The maximum absolute atomic E-state index is 12.5. The smallest absolute Gasteiger partial charge is 0.314 e. The second-order valence-electron chi connectivity index (χ2n) is 5.93. The molecule has 0 spiro atoms. The number of sulfonamides is 1. The van der Waals surface area contributed by atoms with Crippen molar-refractivity contribution in [2.45, 2.75) is 49.5 Å². The van der Waals surface area contributed by atoms with Crippen LogP contribution in [0.3, 0.4) is 0 Å². The number of hydrogen-bond donors (Lipinski definition) is 3. The third-order valence-electron chi connectivity index (χ3n) is 4.18. The molecule has 1 aromatic heterocycles. The summed E-state index contributed by atoms with van der Waals surface area (Å²) in [6.45, 7) is 0. The molecule has 0 radical (unpaired) electrons. The van der Waals surface area contributed by atoms with Crippen LogP contribution in [-0.4, -0.2) is 24.4 Å². The van der Waals surface area contributed by atoms with E-state index < -0.39 is 21.1 Å². The number of nitrogens with one attached hydrogen (secondary N) is 3. The highest BCUT2D eigenvalue weighted by atomic mass is 32.2. The van der Waals surface area contributed by atoms with Crippen LogP contribution in [-0.2, 0) is 10.0 Å². The number of H-pyrrole nitrogens is 2. The third-order valence-corrected chi connectivity index (χ3v) is 5.70. The summed E-state index contributed by atoms with van der Waals surface area (Å²) < 4.78 is 27.8. The Labute approximate surface area is 133 Å². The average Bonchev–Trinajstić information content (AvgIpc) is 2.76. The van der Waals surface area contributed by atoms with Crippen LogP contribution in [0.15, 0.2) is 32.7 Å². The van der Waals surface area contributed by atoms with Gasteiger partial charge in [0.15, 0.2) is 0 Å². The summed E-state index contributed by atoms with van der Waals surface area (Å²) in [6.07, 6.45) is 6.03. The van der Waals surface area contributed by atoms with Crippen molar-refractivity contribution in [1.82, 2.24) is 14.7 Å². The summed E-state index contributed by atoms with van der Waals surface area (Å²) in [4.78, 5) is 27.5. The van der Waals surface area contributed by atoms with Gasteiger partial charge in [-0.05, 0) is 31.0 Å². The molecule has 2 aromatic rings. The fourth-order valence-corrected chi connectivity index (χ4v) is 4.28. The zero-order valence-corrected chi connectivity index (χ0v) is 13.4. The lowest BCUT2D eigenvalue weighted by Gasteiger charge is -2.16. The largest absolute Gasteiger partial charge is 0.316 e. The van der Waals surface area contributed by atoms with Crippen LogP contribution in [0.1, 0.15) is 38.5 Å². The van der Waals surface area contributed by atoms with Gasteiger partial charge in [0.1, 0.15) is 0 Å². The zero-order chi connectivity index (χ0) is 16.4. The van der Waals surface area contributed by atoms with Crippen molar-refractivity contribution in [3.8, 4) is 0 Å². The molecule has 0 saturated heterocycles. The van der Waals surface area contributed by atoms with E-state index in [0.717, 1.165) is 38.5 Å². The van der Waals surface area contributed by atoms with Crippen molar-refractivity contribution in [3.05, 3.63) is 38.9 Å². The van der Waals surface area contributed by atoms with E-state index in [-0.39, 0.29) is 10.9 Å². The first-order chi connectivity index (χ1) is 11.0. The molecular weight excluding hydrogens is 318 g/mol. The van der Waals surface area contributed by atoms with Gasteiger partial charge in [0.25, 0.3) is 0 Å². The maximum Gasteiger partial charge on any atom is 0.314 e. The van der Waals surface area contributed by atoms with Crippen molar-refractivity contribution >= 4 is 21.1 Å². The average molecular weight is 337 g/mol. The van der Waals surface area contributed by atoms with Gasteiger partial charge in [-0.1, -0.05) is 25.7 Å². The minimum atomic E-state index is -3.65. The lowest BCUT2D eigenvalue weighted by molar-refractivity contribution is 0.510. The Bertz CT molecular complexity index is 922. The van der Waals surface area contributed by atoms with E-state index in [1.54, 1.807) is 0 Å². The SMILES string of the molecule is O=c1[nH]c2ccc(S(=O)(=O)NC3CCCCCC3)cc2[nH]c1=O. The monoisotopic (exact) mass is 337 g/mol. The molecule has 7 nitrogen and oxygen atoms in total. The van der Waals surface area contributed by atoms with Crippen LogP contribution in [0.25, 0.3) is 11.0 Å². The van der Waals surface area contributed by atoms with Crippen molar-refractivity contribution < 1.29 is 8.42 Å². The number of fused-ring (bicyclic) bond motifs is 1. The standard InChI is InChI=1S/C15H19N3O4S/c19-14-15(20)17-13-9-11(7-8-12(13)16-14)23(21,22)18-10-5-3-1-2-4-6-10/h7-10,18H,1-6H2,(H,16,19)(H,17,20). The first-order valence-electron chi connectivity index (χ1n) is 7.74. The molecule has 1 aliphatic carbocycles. The summed E-state index contributed by atoms with van der Waals surface area (Å²) in [6, 6.07) is 4.23. The van der Waals surface area contributed by atoms with Crippen molar-refractivity contribution in [2.24, 2.45) is 0 Å². The van der Waals surface area contributed by atoms with E-state index in [4.69, 9.17) is 0 Å². The lowest BCUT2D eigenvalue weighted by atomic mass is 10.1. The molecule has 1 heterocycles. The molecule has 1 fully saturated rings. The van der Waals surface area contributed by atoms with Crippen LogP contribution >= 0.6 is 0 Å². The lowest BCUT2D eigenvalue weighted by Crippen LogP contribution is -2.34. The molecule has 3 rings (SSSR count). The first kappa shape index (κ1) is 15.9. The van der Waals surface area contributed by atoms with Crippen molar-refractivity contribution in [1.29, 1.82) is 0 Å². The fraction of sp³-hybridized carbons (Fsp3) is 0.467. The number of aromatic nitrogens is 2. The van der Waals surface area contributed by atoms with Gasteiger partial charge in [-0.2, -0.15) is 0 Å². The first-order valence-corrected chi connectivity index (χ1v) is 9.23. The van der Waals surface area contributed by atoms with Crippen molar-refractivity contribution in [3.63, 3.8) is 0 Å². The van der Waals surface area contributed by atoms with E-state index in [1.807, 2.05) is 0 Å². The minimum absolute atomic E-state index is 0.0483. The normalized spacial score (nSPS) is 17.2. The van der Waals surface area contributed by atoms with Gasteiger partial charge in [0.2, 0.25) is 10.0 Å². The zero-order valence-electron chi connectivity index (χ0n) is 12.6. The molecule has 0 aliphatic heterocycles. The number of benzene rings is 1. The van der Waals surface area contributed by atoms with E-state index in [0.29, 0.717) is 11.0 Å². The second-order valence-corrected chi connectivity index (χ2v) is 7.64. The Hall–Kier alpha value is -1.93. The highest BCUT2D eigenvalue weighted by Crippen LogP contribution is 2.20. The second kappa shape index (κ2) is 6.29. The molecule has 0 bridgehead atoms.